The Morgan fingerprint density at radius 1 is 1.19 bits per heavy atom. The lowest BCUT2D eigenvalue weighted by molar-refractivity contribution is 0.0697. The SMILES string of the molecule is O=C(O)c1cnn(-c2nc(O)c3c(cnn3CCc3cccc(Cl)c3)n2)c1. The van der Waals surface area contributed by atoms with Gasteiger partial charge in [-0.15, -0.1) is 0 Å². The van der Waals surface area contributed by atoms with E-state index in [0.717, 1.165) is 5.56 Å². The summed E-state index contributed by atoms with van der Waals surface area (Å²) >= 11 is 6.00. The van der Waals surface area contributed by atoms with E-state index >= 15 is 0 Å². The minimum atomic E-state index is -1.11. The van der Waals surface area contributed by atoms with E-state index in [2.05, 4.69) is 20.2 Å². The fourth-order valence-corrected chi connectivity index (χ4v) is 2.92. The highest BCUT2D eigenvalue weighted by molar-refractivity contribution is 6.30. The van der Waals surface area contributed by atoms with Gasteiger partial charge in [0.25, 0.3) is 5.95 Å². The number of fused-ring (bicyclic) bond motifs is 1. The fraction of sp³-hybridized carbons (Fsp3) is 0.118. The standard InChI is InChI=1S/C17H13ClN6O3/c18-12-3-1-2-10(6-12)4-5-23-14-13(8-20-23)21-17(22-15(14)25)24-9-11(7-19-24)16(26)27/h1-3,6-9H,4-5H2,(H,26,27)(H,21,22,25). The largest absolute Gasteiger partial charge is 0.492 e. The molecule has 136 valence electrons. The summed E-state index contributed by atoms with van der Waals surface area (Å²) in [6, 6.07) is 7.52. The van der Waals surface area contributed by atoms with E-state index in [-0.39, 0.29) is 17.4 Å². The number of aromatic hydroxyl groups is 1. The van der Waals surface area contributed by atoms with Crippen molar-refractivity contribution < 1.29 is 15.0 Å². The molecule has 0 bridgehead atoms. The van der Waals surface area contributed by atoms with Crippen LogP contribution in [0.15, 0.2) is 42.9 Å². The van der Waals surface area contributed by atoms with Gasteiger partial charge in [-0.25, -0.2) is 14.5 Å². The van der Waals surface area contributed by atoms with Gasteiger partial charge >= 0.3 is 5.97 Å². The van der Waals surface area contributed by atoms with Gasteiger partial charge in [-0.1, -0.05) is 23.7 Å². The Hall–Kier alpha value is -3.46. The van der Waals surface area contributed by atoms with Crippen molar-refractivity contribution in [1.82, 2.24) is 29.5 Å². The minimum absolute atomic E-state index is 0.00426. The van der Waals surface area contributed by atoms with Crippen LogP contribution in [0.4, 0.5) is 0 Å². The molecule has 0 aliphatic heterocycles. The van der Waals surface area contributed by atoms with Crippen LogP contribution in [-0.2, 0) is 13.0 Å². The third-order valence-corrected chi connectivity index (χ3v) is 4.23. The molecule has 2 N–H and O–H groups in total. The predicted molar refractivity (Wildman–Crippen MR) is 96.2 cm³/mol. The number of aromatic nitrogens is 6. The number of benzene rings is 1. The summed E-state index contributed by atoms with van der Waals surface area (Å²) in [5.74, 6) is -1.31. The van der Waals surface area contributed by atoms with E-state index in [1.54, 1.807) is 10.7 Å². The van der Waals surface area contributed by atoms with Gasteiger partial charge in [-0.2, -0.15) is 15.2 Å². The Balaban J connectivity index is 1.64. The number of hydrogen-bond donors (Lipinski definition) is 2. The van der Waals surface area contributed by atoms with E-state index < -0.39 is 5.97 Å². The molecule has 0 unspecified atom stereocenters. The first-order valence-corrected chi connectivity index (χ1v) is 8.34. The first-order valence-electron chi connectivity index (χ1n) is 7.96. The van der Waals surface area contributed by atoms with Crippen molar-refractivity contribution in [2.24, 2.45) is 0 Å². The van der Waals surface area contributed by atoms with E-state index in [9.17, 15) is 9.90 Å². The summed E-state index contributed by atoms with van der Waals surface area (Å²) in [7, 11) is 0. The van der Waals surface area contributed by atoms with Gasteiger partial charge in [0.15, 0.2) is 0 Å². The van der Waals surface area contributed by atoms with E-state index in [0.29, 0.717) is 29.0 Å². The van der Waals surface area contributed by atoms with E-state index in [4.69, 9.17) is 16.7 Å². The van der Waals surface area contributed by atoms with Crippen molar-refractivity contribution in [3.8, 4) is 11.8 Å². The van der Waals surface area contributed by atoms with Gasteiger partial charge < -0.3 is 10.2 Å². The van der Waals surface area contributed by atoms with Gasteiger partial charge in [0.05, 0.1) is 18.0 Å². The molecule has 0 amide bonds. The third kappa shape index (κ3) is 3.32. The lowest BCUT2D eigenvalue weighted by Gasteiger charge is -2.06. The maximum atomic E-state index is 11.0. The zero-order chi connectivity index (χ0) is 19.0. The maximum absolute atomic E-state index is 11.0. The molecule has 27 heavy (non-hydrogen) atoms. The number of aryl methyl sites for hydroxylation is 2. The van der Waals surface area contributed by atoms with Crippen molar-refractivity contribution in [3.05, 3.63) is 59.0 Å². The second-order valence-corrected chi connectivity index (χ2v) is 6.24. The van der Waals surface area contributed by atoms with Crippen LogP contribution >= 0.6 is 11.6 Å². The normalized spacial score (nSPS) is 11.1. The number of rotatable bonds is 5. The van der Waals surface area contributed by atoms with E-state index in [1.807, 2.05) is 18.2 Å². The summed E-state index contributed by atoms with van der Waals surface area (Å²) in [5.41, 5.74) is 1.86. The quantitative estimate of drug-likeness (QED) is 0.541. The molecule has 9 nitrogen and oxygen atoms in total. The molecule has 0 radical (unpaired) electrons. The Bertz CT molecular complexity index is 1150. The molecule has 0 atom stereocenters. The number of carboxylic acid groups (broad SMARTS) is 1. The lowest BCUT2D eigenvalue weighted by atomic mass is 10.1. The molecule has 0 aliphatic carbocycles. The van der Waals surface area contributed by atoms with Gasteiger partial charge in [-0.05, 0) is 24.1 Å². The molecule has 4 rings (SSSR count). The first-order chi connectivity index (χ1) is 13.0. The zero-order valence-corrected chi connectivity index (χ0v) is 14.6. The summed E-state index contributed by atoms with van der Waals surface area (Å²) < 4.78 is 2.80. The average Bonchev–Trinajstić information content (AvgIpc) is 3.27. The fourth-order valence-electron chi connectivity index (χ4n) is 2.71. The van der Waals surface area contributed by atoms with Gasteiger partial charge in [-0.3, -0.25) is 4.68 Å². The van der Waals surface area contributed by atoms with Crippen LogP contribution in [0.1, 0.15) is 15.9 Å². The molecule has 1 aromatic carbocycles. The van der Waals surface area contributed by atoms with Crippen molar-refractivity contribution in [2.75, 3.05) is 0 Å². The molecular formula is C17H13ClN6O3. The average molecular weight is 385 g/mol. The summed E-state index contributed by atoms with van der Waals surface area (Å²) in [4.78, 5) is 19.3. The highest BCUT2D eigenvalue weighted by Gasteiger charge is 2.15. The molecule has 4 aromatic rings. The molecule has 0 aliphatic rings. The Kier molecular flexibility index (Phi) is 4.21. The highest BCUT2D eigenvalue weighted by atomic mass is 35.5. The van der Waals surface area contributed by atoms with Crippen LogP contribution < -0.4 is 0 Å². The Morgan fingerprint density at radius 2 is 2.04 bits per heavy atom. The molecule has 0 saturated carbocycles. The molecular weight excluding hydrogens is 372 g/mol. The van der Waals surface area contributed by atoms with Crippen LogP contribution in [0.2, 0.25) is 5.02 Å². The number of aromatic carboxylic acids is 1. The number of carbonyl (C=O) groups is 1. The Morgan fingerprint density at radius 3 is 2.78 bits per heavy atom. The van der Waals surface area contributed by atoms with Crippen LogP contribution in [0.5, 0.6) is 5.88 Å². The number of hydrogen-bond acceptors (Lipinski definition) is 6. The summed E-state index contributed by atoms with van der Waals surface area (Å²) in [6.07, 6.45) is 4.63. The molecule has 0 fully saturated rings. The molecule has 0 spiro atoms. The van der Waals surface area contributed by atoms with Crippen molar-refractivity contribution in [3.63, 3.8) is 0 Å². The summed E-state index contributed by atoms with van der Waals surface area (Å²) in [6.45, 7) is 0.505. The number of carboxylic acids is 1. The van der Waals surface area contributed by atoms with Crippen LogP contribution in [0.3, 0.4) is 0 Å². The van der Waals surface area contributed by atoms with Crippen molar-refractivity contribution in [1.29, 1.82) is 0 Å². The zero-order valence-electron chi connectivity index (χ0n) is 13.8. The smallest absolute Gasteiger partial charge is 0.338 e. The predicted octanol–water partition coefficient (Wildman–Crippen LogP) is 2.31. The highest BCUT2D eigenvalue weighted by Crippen LogP contribution is 2.23. The van der Waals surface area contributed by atoms with Gasteiger partial charge in [0.2, 0.25) is 5.88 Å². The molecule has 0 saturated heterocycles. The molecule has 3 heterocycles. The monoisotopic (exact) mass is 384 g/mol. The second-order valence-electron chi connectivity index (χ2n) is 5.81. The first kappa shape index (κ1) is 17.0. The van der Waals surface area contributed by atoms with Crippen molar-refractivity contribution in [2.45, 2.75) is 13.0 Å². The summed E-state index contributed by atoms with van der Waals surface area (Å²) in [5, 5.41) is 28.2. The third-order valence-electron chi connectivity index (χ3n) is 3.99. The van der Waals surface area contributed by atoms with E-state index in [1.165, 1.54) is 23.3 Å². The van der Waals surface area contributed by atoms with Gasteiger partial charge in [0, 0.05) is 17.8 Å². The van der Waals surface area contributed by atoms with Crippen LogP contribution in [-0.4, -0.2) is 45.7 Å². The van der Waals surface area contributed by atoms with Gasteiger partial charge in [0.1, 0.15) is 11.0 Å². The Labute approximate surface area is 157 Å². The molecule has 10 heteroatoms. The topological polar surface area (TPSA) is 119 Å². The lowest BCUT2D eigenvalue weighted by Crippen LogP contribution is -2.06. The van der Waals surface area contributed by atoms with Crippen LogP contribution in [0, 0.1) is 0 Å². The minimum Gasteiger partial charge on any atom is -0.492 e. The number of nitrogens with zero attached hydrogens (tertiary/aromatic N) is 6. The second kappa shape index (κ2) is 6.69. The van der Waals surface area contributed by atoms with Crippen molar-refractivity contribution >= 4 is 28.6 Å². The maximum Gasteiger partial charge on any atom is 0.338 e. The molecule has 3 aromatic heterocycles. The van der Waals surface area contributed by atoms with Crippen LogP contribution in [0.25, 0.3) is 17.0 Å². The number of halogens is 1.